The summed E-state index contributed by atoms with van der Waals surface area (Å²) in [5, 5.41) is 3.34. The molecule has 0 saturated carbocycles. The van der Waals surface area contributed by atoms with Crippen molar-refractivity contribution in [1.82, 2.24) is 9.97 Å². The van der Waals surface area contributed by atoms with E-state index in [1.165, 1.54) is 0 Å². The Hall–Kier alpha value is -1.36. The molecule has 0 aromatic carbocycles. The van der Waals surface area contributed by atoms with Crippen LogP contribution in [0.25, 0.3) is 0 Å². The highest BCUT2D eigenvalue weighted by Gasteiger charge is 2.16. The Kier molecular flexibility index (Phi) is 5.59. The van der Waals surface area contributed by atoms with Crippen molar-refractivity contribution in [3.8, 4) is 5.88 Å². The Morgan fingerprint density at radius 1 is 1.45 bits per heavy atom. The predicted octanol–water partition coefficient (Wildman–Crippen LogP) is 2.98. The average molecular weight is 279 g/mol. The fourth-order valence-electron chi connectivity index (χ4n) is 2.10. The number of hydrogen-bond donors (Lipinski definition) is 1. The number of anilines is 1. The van der Waals surface area contributed by atoms with Crippen LogP contribution in [0.2, 0.25) is 0 Å². The van der Waals surface area contributed by atoms with Gasteiger partial charge >= 0.3 is 0 Å². The Bertz CT molecular complexity index is 418. The van der Waals surface area contributed by atoms with Crippen molar-refractivity contribution in [2.24, 2.45) is 0 Å². The molecule has 1 saturated heterocycles. The van der Waals surface area contributed by atoms with Gasteiger partial charge in [0.15, 0.2) is 0 Å². The Balaban J connectivity index is 2.02. The summed E-state index contributed by atoms with van der Waals surface area (Å²) in [7, 11) is 0. The van der Waals surface area contributed by atoms with E-state index in [2.05, 4.69) is 36.1 Å². The second kappa shape index (κ2) is 7.43. The molecule has 1 atom stereocenters. The Morgan fingerprint density at radius 3 is 2.95 bits per heavy atom. The molecule has 112 valence electrons. The van der Waals surface area contributed by atoms with Crippen LogP contribution in [-0.4, -0.2) is 35.8 Å². The zero-order valence-electron chi connectivity index (χ0n) is 12.7. The van der Waals surface area contributed by atoms with E-state index in [0.717, 1.165) is 44.1 Å². The minimum atomic E-state index is 0.281. The van der Waals surface area contributed by atoms with Gasteiger partial charge in [-0.1, -0.05) is 20.8 Å². The van der Waals surface area contributed by atoms with Gasteiger partial charge in [-0.05, 0) is 19.3 Å². The van der Waals surface area contributed by atoms with Gasteiger partial charge in [0.2, 0.25) is 5.88 Å². The van der Waals surface area contributed by atoms with Crippen LogP contribution in [-0.2, 0) is 4.74 Å². The Labute approximate surface area is 121 Å². The van der Waals surface area contributed by atoms with Crippen molar-refractivity contribution in [3.05, 3.63) is 11.9 Å². The highest BCUT2D eigenvalue weighted by molar-refractivity contribution is 5.39. The van der Waals surface area contributed by atoms with E-state index in [4.69, 9.17) is 9.47 Å². The number of ether oxygens (including phenoxy) is 2. The summed E-state index contributed by atoms with van der Waals surface area (Å²) < 4.78 is 11.2. The zero-order chi connectivity index (χ0) is 14.4. The van der Waals surface area contributed by atoms with Crippen LogP contribution in [0.5, 0.6) is 5.88 Å². The lowest BCUT2D eigenvalue weighted by Gasteiger charge is -2.14. The van der Waals surface area contributed by atoms with Crippen molar-refractivity contribution in [2.45, 2.75) is 52.1 Å². The first-order chi connectivity index (χ1) is 9.69. The number of nitrogens with one attached hydrogen (secondary N) is 1. The van der Waals surface area contributed by atoms with Crippen LogP contribution in [0.1, 0.15) is 51.8 Å². The Morgan fingerprint density at radius 2 is 2.30 bits per heavy atom. The van der Waals surface area contributed by atoms with Crippen molar-refractivity contribution >= 4 is 5.82 Å². The molecule has 5 heteroatoms. The molecule has 0 radical (unpaired) electrons. The fraction of sp³-hybridized carbons (Fsp3) is 0.733. The van der Waals surface area contributed by atoms with Crippen LogP contribution < -0.4 is 10.1 Å². The summed E-state index contributed by atoms with van der Waals surface area (Å²) in [4.78, 5) is 8.99. The molecule has 1 unspecified atom stereocenters. The van der Waals surface area contributed by atoms with Crippen LogP contribution in [0.3, 0.4) is 0 Å². The summed E-state index contributed by atoms with van der Waals surface area (Å²) in [6.45, 7) is 8.60. The number of hydrogen-bond acceptors (Lipinski definition) is 5. The second-order valence-corrected chi connectivity index (χ2v) is 5.47. The van der Waals surface area contributed by atoms with Crippen molar-refractivity contribution < 1.29 is 9.47 Å². The second-order valence-electron chi connectivity index (χ2n) is 5.47. The molecule has 5 nitrogen and oxygen atoms in total. The SMILES string of the molecule is CCCOc1cc(NCC2CCCO2)nc(C(C)C)n1. The highest BCUT2D eigenvalue weighted by Crippen LogP contribution is 2.20. The third-order valence-electron chi connectivity index (χ3n) is 3.23. The fourth-order valence-corrected chi connectivity index (χ4v) is 2.10. The molecule has 20 heavy (non-hydrogen) atoms. The zero-order valence-corrected chi connectivity index (χ0v) is 12.7. The highest BCUT2D eigenvalue weighted by atomic mass is 16.5. The summed E-state index contributed by atoms with van der Waals surface area (Å²) >= 11 is 0. The molecule has 1 N–H and O–H groups in total. The maximum Gasteiger partial charge on any atom is 0.218 e. The number of rotatable bonds is 7. The maximum absolute atomic E-state index is 5.64. The maximum atomic E-state index is 5.64. The van der Waals surface area contributed by atoms with Gasteiger partial charge in [-0.2, -0.15) is 4.98 Å². The topological polar surface area (TPSA) is 56.3 Å². The van der Waals surface area contributed by atoms with Crippen molar-refractivity contribution in [1.29, 1.82) is 0 Å². The lowest BCUT2D eigenvalue weighted by molar-refractivity contribution is 0.120. The third-order valence-corrected chi connectivity index (χ3v) is 3.23. The first-order valence-electron chi connectivity index (χ1n) is 7.56. The summed E-state index contributed by atoms with van der Waals surface area (Å²) in [5.41, 5.74) is 0. The minimum absolute atomic E-state index is 0.281. The van der Waals surface area contributed by atoms with E-state index in [9.17, 15) is 0 Å². The average Bonchev–Trinajstić information content (AvgIpc) is 2.96. The van der Waals surface area contributed by atoms with Crippen molar-refractivity contribution in [3.63, 3.8) is 0 Å². The summed E-state index contributed by atoms with van der Waals surface area (Å²) in [6.07, 6.45) is 3.54. The third kappa shape index (κ3) is 4.34. The minimum Gasteiger partial charge on any atom is -0.478 e. The molecule has 1 aromatic rings. The van der Waals surface area contributed by atoms with Crippen LogP contribution in [0.4, 0.5) is 5.82 Å². The standard InChI is InChI=1S/C15H25N3O2/c1-4-7-20-14-9-13(17-15(18-14)11(2)3)16-10-12-6-5-8-19-12/h9,11-12H,4-8,10H2,1-3H3,(H,16,17,18). The molecule has 0 bridgehead atoms. The normalized spacial score (nSPS) is 18.5. The molecule has 1 aliphatic heterocycles. The smallest absolute Gasteiger partial charge is 0.218 e. The van der Waals surface area contributed by atoms with Gasteiger partial charge in [-0.3, -0.25) is 0 Å². The number of nitrogens with zero attached hydrogens (tertiary/aromatic N) is 2. The van der Waals surface area contributed by atoms with Crippen LogP contribution in [0.15, 0.2) is 6.07 Å². The number of aromatic nitrogens is 2. The summed E-state index contributed by atoms with van der Waals surface area (Å²) in [6, 6.07) is 1.87. The summed E-state index contributed by atoms with van der Waals surface area (Å²) in [5.74, 6) is 2.57. The molecule has 1 fully saturated rings. The van der Waals surface area contributed by atoms with Gasteiger partial charge in [0.1, 0.15) is 11.6 Å². The molecule has 1 aromatic heterocycles. The van der Waals surface area contributed by atoms with Crippen molar-refractivity contribution in [2.75, 3.05) is 25.1 Å². The van der Waals surface area contributed by atoms with E-state index in [0.29, 0.717) is 18.6 Å². The van der Waals surface area contributed by atoms with Gasteiger partial charge < -0.3 is 14.8 Å². The first kappa shape index (κ1) is 15.0. The predicted molar refractivity (Wildman–Crippen MR) is 79.4 cm³/mol. The molecule has 0 spiro atoms. The van der Waals surface area contributed by atoms with E-state index in [1.807, 2.05) is 6.07 Å². The van der Waals surface area contributed by atoms with Gasteiger partial charge in [0.05, 0.1) is 12.7 Å². The van der Waals surface area contributed by atoms with Gasteiger partial charge in [-0.25, -0.2) is 4.98 Å². The van der Waals surface area contributed by atoms with Crippen LogP contribution in [0, 0.1) is 0 Å². The van der Waals surface area contributed by atoms with E-state index in [-0.39, 0.29) is 5.92 Å². The monoisotopic (exact) mass is 279 g/mol. The molecule has 2 rings (SSSR count). The quantitative estimate of drug-likeness (QED) is 0.831. The van der Waals surface area contributed by atoms with Crippen LogP contribution >= 0.6 is 0 Å². The molecule has 0 aliphatic carbocycles. The lowest BCUT2D eigenvalue weighted by Crippen LogP contribution is -2.19. The molecular weight excluding hydrogens is 254 g/mol. The molecular formula is C15H25N3O2. The van der Waals surface area contributed by atoms with E-state index in [1.54, 1.807) is 0 Å². The molecule has 1 aliphatic rings. The van der Waals surface area contributed by atoms with E-state index >= 15 is 0 Å². The van der Waals surface area contributed by atoms with Gasteiger partial charge in [0.25, 0.3) is 0 Å². The lowest BCUT2D eigenvalue weighted by atomic mass is 10.2. The largest absolute Gasteiger partial charge is 0.478 e. The molecule has 0 amide bonds. The van der Waals surface area contributed by atoms with E-state index < -0.39 is 0 Å². The molecule has 2 heterocycles. The van der Waals surface area contributed by atoms with Gasteiger partial charge in [-0.15, -0.1) is 0 Å². The first-order valence-corrected chi connectivity index (χ1v) is 7.56. The van der Waals surface area contributed by atoms with Gasteiger partial charge in [0, 0.05) is 25.1 Å².